The molecule has 0 aliphatic carbocycles. The summed E-state index contributed by atoms with van der Waals surface area (Å²) >= 11 is 0. The van der Waals surface area contributed by atoms with Gasteiger partial charge in [-0.3, -0.25) is 28.8 Å². The summed E-state index contributed by atoms with van der Waals surface area (Å²) in [6, 6.07) is 6.42. The van der Waals surface area contributed by atoms with Crippen LogP contribution in [0, 0.1) is 5.92 Å². The first kappa shape index (κ1) is 38.7. The molecule has 1 saturated heterocycles. The normalized spacial score (nSPS) is 15.3. The molecular weight excluding hydrogens is 602 g/mol. The van der Waals surface area contributed by atoms with E-state index in [9.17, 15) is 28.8 Å². The van der Waals surface area contributed by atoms with E-state index in [0.717, 1.165) is 5.56 Å². The third kappa shape index (κ3) is 12.7. The average Bonchev–Trinajstić information content (AvgIpc) is 3.54. The van der Waals surface area contributed by atoms with Crippen molar-refractivity contribution in [3.63, 3.8) is 0 Å². The van der Waals surface area contributed by atoms with Gasteiger partial charge in [0.05, 0.1) is 13.7 Å². The van der Waals surface area contributed by atoms with Crippen LogP contribution in [0.25, 0.3) is 0 Å². The van der Waals surface area contributed by atoms with Crippen molar-refractivity contribution in [2.75, 3.05) is 39.8 Å². The van der Waals surface area contributed by atoms with Gasteiger partial charge >= 0.3 is 5.97 Å². The topological polar surface area (TPSA) is 145 Å². The molecule has 2 N–H and O–H groups in total. The highest BCUT2D eigenvalue weighted by Crippen LogP contribution is 2.21. The molecule has 0 radical (unpaired) electrons. The molecule has 1 aliphatic heterocycles. The van der Waals surface area contributed by atoms with Crippen LogP contribution in [0.4, 0.5) is 0 Å². The highest BCUT2D eigenvalue weighted by Gasteiger charge is 2.39. The summed E-state index contributed by atoms with van der Waals surface area (Å²) in [5, 5.41) is 5.68. The maximum absolute atomic E-state index is 13.9. The lowest BCUT2D eigenvalue weighted by Crippen LogP contribution is -2.58. The first-order valence-corrected chi connectivity index (χ1v) is 16.2. The number of methoxy groups -OCH3 is 1. The minimum absolute atomic E-state index is 0.0491. The number of hydrogen-bond donors (Lipinski definition) is 2. The lowest BCUT2D eigenvalue weighted by Gasteiger charge is -2.32. The van der Waals surface area contributed by atoms with Gasteiger partial charge in [-0.25, -0.2) is 0 Å². The molecule has 12 nitrogen and oxygen atoms in total. The number of nitrogens with zero attached hydrogens (tertiary/aromatic N) is 3. The van der Waals surface area contributed by atoms with Crippen LogP contribution >= 0.6 is 0 Å². The van der Waals surface area contributed by atoms with Gasteiger partial charge in [0.1, 0.15) is 24.7 Å². The minimum atomic E-state index is -1.02. The number of rotatable bonds is 19. The van der Waals surface area contributed by atoms with Crippen LogP contribution in [0.2, 0.25) is 0 Å². The van der Waals surface area contributed by atoms with Crippen LogP contribution in [-0.4, -0.2) is 108 Å². The van der Waals surface area contributed by atoms with E-state index < -0.39 is 47.7 Å². The molecule has 0 saturated carbocycles. The van der Waals surface area contributed by atoms with Gasteiger partial charge in [-0.05, 0) is 43.6 Å². The summed E-state index contributed by atoms with van der Waals surface area (Å²) in [5.74, 6) is -2.62. The molecule has 1 fully saturated rings. The summed E-state index contributed by atoms with van der Waals surface area (Å²) in [4.78, 5) is 83.0. The number of likely N-dealkylation sites (tertiary alicyclic amines) is 1. The molecule has 0 bridgehead atoms. The Morgan fingerprint density at radius 1 is 0.957 bits per heavy atom. The lowest BCUT2D eigenvalue weighted by molar-refractivity contribution is -0.148. The third-order valence-electron chi connectivity index (χ3n) is 7.92. The first-order chi connectivity index (χ1) is 22.4. The Labute approximate surface area is 278 Å². The zero-order valence-corrected chi connectivity index (χ0v) is 28.2. The fourth-order valence-corrected chi connectivity index (χ4v) is 5.48. The summed E-state index contributed by atoms with van der Waals surface area (Å²) in [6.07, 6.45) is 5.70. The average molecular weight is 654 g/mol. The van der Waals surface area contributed by atoms with Gasteiger partial charge in [0.2, 0.25) is 29.5 Å². The summed E-state index contributed by atoms with van der Waals surface area (Å²) < 4.78 is 4.80. The van der Waals surface area contributed by atoms with E-state index in [1.807, 2.05) is 44.2 Å². The molecule has 0 spiro atoms. The van der Waals surface area contributed by atoms with Gasteiger partial charge in [0, 0.05) is 33.0 Å². The fourth-order valence-electron chi connectivity index (χ4n) is 5.48. The van der Waals surface area contributed by atoms with Crippen molar-refractivity contribution < 1.29 is 33.5 Å². The Balaban J connectivity index is 2.28. The fraction of sp³-hybridized carbons (Fsp3) is 0.543. The van der Waals surface area contributed by atoms with E-state index in [0.29, 0.717) is 45.2 Å². The Morgan fingerprint density at radius 3 is 2.17 bits per heavy atom. The van der Waals surface area contributed by atoms with Gasteiger partial charge < -0.3 is 30.1 Å². The van der Waals surface area contributed by atoms with E-state index in [1.54, 1.807) is 12.2 Å². The molecule has 5 amide bonds. The largest absolute Gasteiger partial charge is 0.468 e. The van der Waals surface area contributed by atoms with Crippen LogP contribution in [0.15, 0.2) is 55.6 Å². The standard InChI is InChI=1S/C35H51N5O7/c1-7-9-18-38(26(5)41)23-31(42)36-28(21-25(3)4)35(46)40-20-14-17-30(40)33(44)37-29(22-27-15-12-11-13-16-27)34(45)39(19-10-8-2)24-32(43)47-6/h7-8,11-13,15-16,25,28-30H,1-2,9-10,14,17-24H2,3-6H3,(H,36,42)(H,37,44)/t28-,29-,30-/m0/s1. The number of carbonyl (C=O) groups is 6. The van der Waals surface area contributed by atoms with Crippen molar-refractivity contribution >= 4 is 35.5 Å². The van der Waals surface area contributed by atoms with Gasteiger partial charge in [-0.1, -0.05) is 56.3 Å². The molecule has 1 aromatic rings. The van der Waals surface area contributed by atoms with E-state index in [1.165, 1.54) is 28.7 Å². The van der Waals surface area contributed by atoms with Crippen LogP contribution in [0.1, 0.15) is 58.4 Å². The predicted molar refractivity (Wildman–Crippen MR) is 179 cm³/mol. The Hall–Kier alpha value is -4.48. The number of nitrogens with one attached hydrogen (secondary N) is 2. The Bertz CT molecular complexity index is 1250. The van der Waals surface area contributed by atoms with Crippen LogP contribution in [0.5, 0.6) is 0 Å². The summed E-state index contributed by atoms with van der Waals surface area (Å²) in [6.45, 7) is 13.0. The minimum Gasteiger partial charge on any atom is -0.468 e. The molecule has 0 aromatic heterocycles. The van der Waals surface area contributed by atoms with Gasteiger partial charge in [-0.15, -0.1) is 13.2 Å². The molecule has 47 heavy (non-hydrogen) atoms. The molecule has 0 unspecified atom stereocenters. The van der Waals surface area contributed by atoms with Gasteiger partial charge in [-0.2, -0.15) is 0 Å². The quantitative estimate of drug-likeness (QED) is 0.172. The molecule has 12 heteroatoms. The monoisotopic (exact) mass is 653 g/mol. The number of hydrogen-bond acceptors (Lipinski definition) is 7. The second kappa shape index (κ2) is 19.9. The van der Waals surface area contributed by atoms with Crippen molar-refractivity contribution in [2.45, 2.75) is 77.4 Å². The van der Waals surface area contributed by atoms with Crippen molar-refractivity contribution in [1.29, 1.82) is 0 Å². The van der Waals surface area contributed by atoms with Crippen LogP contribution in [0.3, 0.4) is 0 Å². The zero-order chi connectivity index (χ0) is 34.9. The molecule has 3 atom stereocenters. The van der Waals surface area contributed by atoms with Crippen molar-refractivity contribution in [3.8, 4) is 0 Å². The van der Waals surface area contributed by atoms with E-state index in [-0.39, 0.29) is 37.9 Å². The Morgan fingerprint density at radius 2 is 1.60 bits per heavy atom. The molecule has 1 heterocycles. The van der Waals surface area contributed by atoms with Crippen molar-refractivity contribution in [3.05, 3.63) is 61.2 Å². The van der Waals surface area contributed by atoms with Gasteiger partial charge in [0.25, 0.3) is 0 Å². The number of carbonyl (C=O) groups excluding carboxylic acids is 6. The first-order valence-electron chi connectivity index (χ1n) is 16.2. The smallest absolute Gasteiger partial charge is 0.325 e. The maximum Gasteiger partial charge on any atom is 0.325 e. The number of ether oxygens (including phenoxy) is 1. The van der Waals surface area contributed by atoms with E-state index in [2.05, 4.69) is 23.8 Å². The molecular formula is C35H51N5O7. The number of esters is 1. The second-order valence-corrected chi connectivity index (χ2v) is 12.1. The second-order valence-electron chi connectivity index (χ2n) is 12.1. The van der Waals surface area contributed by atoms with E-state index in [4.69, 9.17) is 4.74 Å². The predicted octanol–water partition coefficient (Wildman–Crippen LogP) is 2.24. The highest BCUT2D eigenvalue weighted by molar-refractivity contribution is 5.95. The molecule has 1 aliphatic rings. The van der Waals surface area contributed by atoms with Gasteiger partial charge in [0.15, 0.2) is 0 Å². The third-order valence-corrected chi connectivity index (χ3v) is 7.92. The summed E-state index contributed by atoms with van der Waals surface area (Å²) in [5.41, 5.74) is 0.805. The summed E-state index contributed by atoms with van der Waals surface area (Å²) in [7, 11) is 1.24. The molecule has 1 aromatic carbocycles. The number of amides is 5. The van der Waals surface area contributed by atoms with Crippen molar-refractivity contribution in [1.82, 2.24) is 25.3 Å². The van der Waals surface area contributed by atoms with Crippen molar-refractivity contribution in [2.24, 2.45) is 5.92 Å². The lowest BCUT2D eigenvalue weighted by atomic mass is 10.0. The molecule has 2 rings (SSSR count). The maximum atomic E-state index is 13.9. The highest BCUT2D eigenvalue weighted by atomic mass is 16.5. The molecule has 258 valence electrons. The van der Waals surface area contributed by atoms with E-state index >= 15 is 0 Å². The van der Waals surface area contributed by atoms with Crippen LogP contribution in [-0.2, 0) is 39.9 Å². The number of benzene rings is 1. The SMILES string of the molecule is C=CCCN(CC(=O)N[C@@H](CC(C)C)C(=O)N1CCC[C@H]1C(=O)N[C@@H](Cc1ccccc1)C(=O)N(CCC=C)CC(=O)OC)C(C)=O. The zero-order valence-electron chi connectivity index (χ0n) is 28.2. The van der Waals surface area contributed by atoms with Crippen LogP contribution < -0.4 is 10.6 Å². The Kier molecular flexibility index (Phi) is 16.4.